The quantitative estimate of drug-likeness (QED) is 0.583. The summed E-state index contributed by atoms with van der Waals surface area (Å²) in [7, 11) is 0. The molecule has 1 aromatic heterocycles. The van der Waals surface area contributed by atoms with Crippen LogP contribution in [-0.4, -0.2) is 48.4 Å². The molecule has 2 amide bonds. The molecular weight excluding hydrogens is 258 g/mol. The minimum Gasteiger partial charge on any atom is -0.480 e. The first-order valence-corrected chi connectivity index (χ1v) is 6.31. The molecule has 0 radical (unpaired) electrons. The van der Waals surface area contributed by atoms with Crippen molar-refractivity contribution in [2.45, 2.75) is 6.42 Å². The Morgan fingerprint density at radius 2 is 2.17 bits per heavy atom. The minimum atomic E-state index is -1.03. The summed E-state index contributed by atoms with van der Waals surface area (Å²) in [5.74, 6) is -1.03. The fraction of sp³-hybridized carbons (Fsp3) is 0.500. The van der Waals surface area contributed by atoms with Crippen LogP contribution in [0.4, 0.5) is 4.79 Å². The van der Waals surface area contributed by atoms with Gasteiger partial charge in [0.25, 0.3) is 0 Å². The van der Waals surface area contributed by atoms with Crippen molar-refractivity contribution in [2.75, 3.05) is 26.3 Å². The predicted octanol–water partition coefficient (Wildman–Crippen LogP) is 0.0860. The van der Waals surface area contributed by atoms with E-state index in [2.05, 4.69) is 15.6 Å². The lowest BCUT2D eigenvalue weighted by Gasteiger charge is -2.06. The second kappa shape index (κ2) is 8.43. The maximum absolute atomic E-state index is 11.3. The zero-order chi connectivity index (χ0) is 13.2. The molecule has 100 valence electrons. The molecule has 3 N–H and O–H groups in total. The van der Waals surface area contributed by atoms with Gasteiger partial charge in [-0.05, 0) is 0 Å². The summed E-state index contributed by atoms with van der Waals surface area (Å²) in [5, 5.41) is 15.4. The van der Waals surface area contributed by atoms with E-state index in [0.29, 0.717) is 13.0 Å². The van der Waals surface area contributed by atoms with E-state index in [0.717, 1.165) is 5.69 Å². The number of nitrogens with one attached hydrogen (secondary N) is 2. The van der Waals surface area contributed by atoms with E-state index in [1.165, 1.54) is 11.3 Å². The van der Waals surface area contributed by atoms with E-state index in [4.69, 9.17) is 9.84 Å². The van der Waals surface area contributed by atoms with Crippen LogP contribution in [0.2, 0.25) is 0 Å². The van der Waals surface area contributed by atoms with Crippen LogP contribution >= 0.6 is 11.3 Å². The molecule has 0 bridgehead atoms. The van der Waals surface area contributed by atoms with Crippen LogP contribution in [0.3, 0.4) is 0 Å². The van der Waals surface area contributed by atoms with Gasteiger partial charge in [-0.2, -0.15) is 0 Å². The van der Waals surface area contributed by atoms with Gasteiger partial charge in [-0.25, -0.2) is 14.6 Å². The maximum atomic E-state index is 11.3. The number of amides is 2. The first-order chi connectivity index (χ1) is 8.68. The predicted molar refractivity (Wildman–Crippen MR) is 65.7 cm³/mol. The fourth-order valence-electron chi connectivity index (χ4n) is 1.12. The summed E-state index contributed by atoms with van der Waals surface area (Å²) in [6, 6.07) is -0.302. The Morgan fingerprint density at radius 1 is 1.39 bits per heavy atom. The first kappa shape index (κ1) is 14.4. The van der Waals surface area contributed by atoms with Crippen molar-refractivity contribution in [1.82, 2.24) is 15.6 Å². The molecule has 0 unspecified atom stereocenters. The van der Waals surface area contributed by atoms with Crippen LogP contribution in [0.5, 0.6) is 0 Å². The number of hydrogen-bond acceptors (Lipinski definition) is 5. The topological polar surface area (TPSA) is 101 Å². The lowest BCUT2D eigenvalue weighted by Crippen LogP contribution is -2.38. The summed E-state index contributed by atoms with van der Waals surface area (Å²) in [5.41, 5.74) is 2.69. The molecule has 1 aromatic rings. The number of carbonyl (C=O) groups excluding carboxylic acids is 1. The lowest BCUT2D eigenvalue weighted by molar-refractivity contribution is -0.142. The van der Waals surface area contributed by atoms with Gasteiger partial charge in [0.2, 0.25) is 0 Å². The number of carboxylic acid groups (broad SMARTS) is 1. The highest BCUT2D eigenvalue weighted by Gasteiger charge is 2.01. The fourth-order valence-corrected chi connectivity index (χ4v) is 1.72. The normalized spacial score (nSPS) is 10.0. The first-order valence-electron chi connectivity index (χ1n) is 5.37. The van der Waals surface area contributed by atoms with Gasteiger partial charge in [0.15, 0.2) is 0 Å². The zero-order valence-corrected chi connectivity index (χ0v) is 10.5. The van der Waals surface area contributed by atoms with E-state index in [1.54, 1.807) is 5.51 Å². The molecule has 1 heterocycles. The molecule has 18 heavy (non-hydrogen) atoms. The van der Waals surface area contributed by atoms with Crippen LogP contribution in [0.15, 0.2) is 10.9 Å². The zero-order valence-electron chi connectivity index (χ0n) is 9.72. The van der Waals surface area contributed by atoms with Crippen molar-refractivity contribution in [1.29, 1.82) is 0 Å². The number of aromatic nitrogens is 1. The average Bonchev–Trinajstić information content (AvgIpc) is 2.81. The Bertz CT molecular complexity index is 369. The van der Waals surface area contributed by atoms with E-state index in [-0.39, 0.29) is 25.8 Å². The molecule has 0 fully saturated rings. The molecule has 0 spiro atoms. The molecule has 0 saturated heterocycles. The largest absolute Gasteiger partial charge is 0.480 e. The highest BCUT2D eigenvalue weighted by Crippen LogP contribution is 2.00. The van der Waals surface area contributed by atoms with Crippen LogP contribution in [0.25, 0.3) is 0 Å². The van der Waals surface area contributed by atoms with Crippen LogP contribution in [0.1, 0.15) is 5.69 Å². The Morgan fingerprint density at radius 3 is 2.83 bits per heavy atom. The smallest absolute Gasteiger partial charge is 0.329 e. The number of thiazole rings is 1. The number of aliphatic carboxylic acids is 1. The Kier molecular flexibility index (Phi) is 6.74. The third kappa shape index (κ3) is 6.81. The molecule has 7 nitrogen and oxygen atoms in total. The highest BCUT2D eigenvalue weighted by atomic mass is 32.1. The summed E-state index contributed by atoms with van der Waals surface area (Å²) < 4.78 is 4.76. The molecule has 1 rings (SSSR count). The van der Waals surface area contributed by atoms with Crippen molar-refractivity contribution in [2.24, 2.45) is 0 Å². The Hall–Kier alpha value is -1.67. The number of urea groups is 1. The SMILES string of the molecule is O=C(O)COCCNC(=O)NCCc1cscn1. The number of rotatable bonds is 8. The second-order valence-corrected chi connectivity index (χ2v) is 4.08. The third-order valence-corrected chi connectivity index (χ3v) is 2.54. The van der Waals surface area contributed by atoms with Crippen molar-refractivity contribution >= 4 is 23.3 Å². The summed E-state index contributed by atoms with van der Waals surface area (Å²) in [6.45, 7) is 0.598. The molecular formula is C10H15N3O4S. The summed E-state index contributed by atoms with van der Waals surface area (Å²) in [4.78, 5) is 25.5. The van der Waals surface area contributed by atoms with Crippen LogP contribution in [0, 0.1) is 0 Å². The van der Waals surface area contributed by atoms with Gasteiger partial charge in [0, 0.05) is 24.9 Å². The standard InChI is InChI=1S/C10H15N3O4S/c14-9(15)5-17-4-3-12-10(16)11-2-1-8-6-18-7-13-8/h6-7H,1-5H2,(H,14,15)(H2,11,12,16). The summed E-state index contributed by atoms with van der Waals surface area (Å²) >= 11 is 1.52. The van der Waals surface area contributed by atoms with Gasteiger partial charge < -0.3 is 20.5 Å². The number of carbonyl (C=O) groups is 2. The van der Waals surface area contributed by atoms with Crippen molar-refractivity contribution < 1.29 is 19.4 Å². The summed E-state index contributed by atoms with van der Waals surface area (Å²) in [6.07, 6.45) is 0.687. The van der Waals surface area contributed by atoms with Gasteiger partial charge in [0.1, 0.15) is 6.61 Å². The number of nitrogens with zero attached hydrogens (tertiary/aromatic N) is 1. The van der Waals surface area contributed by atoms with Gasteiger partial charge >= 0.3 is 12.0 Å². The Balaban J connectivity index is 1.95. The third-order valence-electron chi connectivity index (χ3n) is 1.91. The van der Waals surface area contributed by atoms with Crippen LogP contribution < -0.4 is 10.6 Å². The van der Waals surface area contributed by atoms with E-state index < -0.39 is 5.97 Å². The number of ether oxygens (including phenoxy) is 1. The monoisotopic (exact) mass is 273 g/mol. The Labute approximate surface area is 108 Å². The molecule has 8 heteroatoms. The van der Waals surface area contributed by atoms with Gasteiger partial charge in [0.05, 0.1) is 17.8 Å². The van der Waals surface area contributed by atoms with E-state index >= 15 is 0 Å². The van der Waals surface area contributed by atoms with E-state index in [9.17, 15) is 9.59 Å². The van der Waals surface area contributed by atoms with E-state index in [1.807, 2.05) is 5.38 Å². The van der Waals surface area contributed by atoms with Gasteiger partial charge in [-0.15, -0.1) is 11.3 Å². The minimum absolute atomic E-state index is 0.172. The molecule has 0 saturated carbocycles. The van der Waals surface area contributed by atoms with Gasteiger partial charge in [-0.1, -0.05) is 0 Å². The average molecular weight is 273 g/mol. The molecule has 0 aliphatic heterocycles. The maximum Gasteiger partial charge on any atom is 0.329 e. The number of carboxylic acids is 1. The molecule has 0 atom stereocenters. The number of hydrogen-bond donors (Lipinski definition) is 3. The molecule has 0 aliphatic carbocycles. The van der Waals surface area contributed by atoms with Gasteiger partial charge in [-0.3, -0.25) is 0 Å². The second-order valence-electron chi connectivity index (χ2n) is 3.36. The molecule has 0 aromatic carbocycles. The van der Waals surface area contributed by atoms with Crippen molar-refractivity contribution in [3.8, 4) is 0 Å². The molecule has 0 aliphatic rings. The highest BCUT2D eigenvalue weighted by molar-refractivity contribution is 7.07. The van der Waals surface area contributed by atoms with Crippen molar-refractivity contribution in [3.05, 3.63) is 16.6 Å². The lowest BCUT2D eigenvalue weighted by atomic mass is 10.3. The van der Waals surface area contributed by atoms with Crippen molar-refractivity contribution in [3.63, 3.8) is 0 Å². The van der Waals surface area contributed by atoms with Crippen LogP contribution in [-0.2, 0) is 16.0 Å².